The van der Waals surface area contributed by atoms with E-state index in [4.69, 9.17) is 14.2 Å². The number of hydrogen-bond acceptors (Lipinski definition) is 15. The molecular formula is C35H45FO15. The first-order valence-electron chi connectivity index (χ1n) is 16.8. The monoisotopic (exact) mass is 724 g/mol. The standard InChI is InChI=1S/C35H45FO15/c1-20-15-24-23-6-5-21-16-22(37)11-12-32(21,2)34(23,36)25(38)17-33(24,3)35(20,45)26(39)18-49-29(42)9-7-27(40)47-13-14-48-28(41)8-10-30(43)50-19-51-31(44)46-4/h11-12,16,20,23-25,38,45H,5-10,13-15,17-19H2,1-4H3/t20-,23+,24+,25+,32+,33+,34+,35+/m1/s1. The molecule has 0 bridgehead atoms. The lowest BCUT2D eigenvalue weighted by Gasteiger charge is -2.62. The highest BCUT2D eigenvalue weighted by Crippen LogP contribution is 2.70. The number of aliphatic hydroxyl groups is 2. The summed E-state index contributed by atoms with van der Waals surface area (Å²) in [6.07, 6.45) is 0.952. The highest BCUT2D eigenvalue weighted by molar-refractivity contribution is 6.01. The van der Waals surface area contributed by atoms with Gasteiger partial charge < -0.3 is 38.6 Å². The lowest BCUT2D eigenvalue weighted by molar-refractivity contribution is -0.220. The quantitative estimate of drug-likeness (QED) is 0.114. The Hall–Kier alpha value is -4.18. The second-order valence-corrected chi connectivity index (χ2v) is 13.9. The number of esters is 4. The molecule has 16 heteroatoms. The topological polar surface area (TPSA) is 215 Å². The normalized spacial score (nSPS) is 33.4. The Labute approximate surface area is 293 Å². The number of carbonyl (C=O) groups is 7. The SMILES string of the molecule is COC(=O)OCOC(=O)CCC(=O)OCCOC(=O)CCC(=O)OCC(=O)[C@@]1(O)[C@H](C)C[C@H]2[C@@H]3CCC4=CC(=O)C=C[C@]4(C)[C@@]3(F)[C@@H](O)C[C@@]21C. The zero-order valence-corrected chi connectivity index (χ0v) is 29.1. The van der Waals surface area contributed by atoms with E-state index in [0.29, 0.717) is 24.8 Å². The number of fused-ring (bicyclic) bond motifs is 5. The number of carbonyl (C=O) groups excluding carboxylic acids is 7. The van der Waals surface area contributed by atoms with Gasteiger partial charge in [0.1, 0.15) is 18.8 Å². The Morgan fingerprint density at radius 3 is 2.04 bits per heavy atom. The molecule has 0 aromatic heterocycles. The van der Waals surface area contributed by atoms with Gasteiger partial charge in [-0.25, -0.2) is 9.18 Å². The van der Waals surface area contributed by atoms with E-state index in [1.54, 1.807) is 20.8 Å². The number of rotatable bonds is 14. The van der Waals surface area contributed by atoms with Crippen molar-refractivity contribution in [2.24, 2.45) is 28.6 Å². The maximum atomic E-state index is 17.3. The number of hydrogen-bond donors (Lipinski definition) is 2. The van der Waals surface area contributed by atoms with Crippen LogP contribution in [0.25, 0.3) is 0 Å². The molecule has 4 aliphatic carbocycles. The predicted molar refractivity (Wildman–Crippen MR) is 169 cm³/mol. The van der Waals surface area contributed by atoms with Crippen LogP contribution in [0.2, 0.25) is 0 Å². The molecule has 8 atom stereocenters. The Balaban J connectivity index is 1.21. The molecule has 0 aliphatic heterocycles. The van der Waals surface area contributed by atoms with Crippen molar-refractivity contribution >= 4 is 41.6 Å². The molecule has 0 amide bonds. The van der Waals surface area contributed by atoms with Crippen LogP contribution >= 0.6 is 0 Å². The fraction of sp³-hybridized carbons (Fsp3) is 0.686. The van der Waals surface area contributed by atoms with Crippen LogP contribution in [0, 0.1) is 28.6 Å². The summed E-state index contributed by atoms with van der Waals surface area (Å²) in [5, 5.41) is 23.5. The third-order valence-corrected chi connectivity index (χ3v) is 11.3. The average molecular weight is 725 g/mol. The number of halogens is 1. The van der Waals surface area contributed by atoms with E-state index in [1.807, 2.05) is 0 Å². The lowest BCUT2D eigenvalue weighted by atomic mass is 9.44. The number of alkyl halides is 1. The molecule has 0 aromatic carbocycles. The first-order chi connectivity index (χ1) is 23.9. The van der Waals surface area contributed by atoms with Gasteiger partial charge in [0.05, 0.1) is 38.9 Å². The molecular weight excluding hydrogens is 679 g/mol. The molecule has 0 heterocycles. The van der Waals surface area contributed by atoms with Crippen LogP contribution in [0.3, 0.4) is 0 Å². The van der Waals surface area contributed by atoms with Gasteiger partial charge >= 0.3 is 30.0 Å². The molecule has 4 rings (SSSR count). The van der Waals surface area contributed by atoms with Crippen LogP contribution in [-0.4, -0.2) is 103 Å². The first-order valence-corrected chi connectivity index (χ1v) is 16.8. The van der Waals surface area contributed by atoms with Crippen LogP contribution in [0.4, 0.5) is 9.18 Å². The number of allylic oxidation sites excluding steroid dienone is 4. The van der Waals surface area contributed by atoms with E-state index in [9.17, 15) is 43.8 Å². The number of methoxy groups -OCH3 is 1. The van der Waals surface area contributed by atoms with Crippen LogP contribution in [0.15, 0.2) is 23.8 Å². The molecule has 51 heavy (non-hydrogen) atoms. The van der Waals surface area contributed by atoms with Crippen molar-refractivity contribution in [3.63, 3.8) is 0 Å². The summed E-state index contributed by atoms with van der Waals surface area (Å²) in [7, 11) is 1.07. The smallest absolute Gasteiger partial charge is 0.462 e. The average Bonchev–Trinajstić information content (AvgIpc) is 3.29. The van der Waals surface area contributed by atoms with E-state index in [2.05, 4.69) is 14.2 Å². The zero-order chi connectivity index (χ0) is 37.8. The molecule has 3 saturated carbocycles. The predicted octanol–water partition coefficient (Wildman–Crippen LogP) is 2.38. The fourth-order valence-electron chi connectivity index (χ4n) is 8.61. The van der Waals surface area contributed by atoms with Crippen molar-refractivity contribution in [3.8, 4) is 0 Å². The minimum Gasteiger partial charge on any atom is -0.462 e. The van der Waals surface area contributed by atoms with Gasteiger partial charge in [-0.15, -0.1) is 0 Å². The Kier molecular flexibility index (Phi) is 12.1. The van der Waals surface area contributed by atoms with Gasteiger partial charge in [-0.05, 0) is 56.6 Å². The maximum absolute atomic E-state index is 17.3. The Morgan fingerprint density at radius 1 is 0.882 bits per heavy atom. The summed E-state index contributed by atoms with van der Waals surface area (Å²) in [4.78, 5) is 84.2. The van der Waals surface area contributed by atoms with E-state index in [1.165, 1.54) is 18.2 Å². The first kappa shape index (κ1) is 39.6. The van der Waals surface area contributed by atoms with Gasteiger partial charge in [0.25, 0.3) is 0 Å². The molecule has 15 nitrogen and oxygen atoms in total. The molecule has 0 aromatic rings. The summed E-state index contributed by atoms with van der Waals surface area (Å²) in [5.41, 5.74) is -6.00. The van der Waals surface area contributed by atoms with Crippen LogP contribution in [-0.2, 0) is 57.2 Å². The second kappa shape index (κ2) is 15.6. The van der Waals surface area contributed by atoms with Crippen molar-refractivity contribution in [1.29, 1.82) is 0 Å². The van der Waals surface area contributed by atoms with Crippen LogP contribution in [0.5, 0.6) is 0 Å². The second-order valence-electron chi connectivity index (χ2n) is 13.9. The van der Waals surface area contributed by atoms with Crippen LogP contribution < -0.4 is 0 Å². The Bertz CT molecular complexity index is 1490. The molecule has 2 N–H and O–H groups in total. The lowest BCUT2D eigenvalue weighted by Crippen LogP contribution is -2.69. The van der Waals surface area contributed by atoms with Crippen molar-refractivity contribution < 1.29 is 76.6 Å². The summed E-state index contributed by atoms with van der Waals surface area (Å²) in [6, 6.07) is 0. The molecule has 0 unspecified atom stereocenters. The third-order valence-electron chi connectivity index (χ3n) is 11.3. The van der Waals surface area contributed by atoms with E-state index in [0.717, 1.165) is 7.11 Å². The molecule has 282 valence electrons. The summed E-state index contributed by atoms with van der Waals surface area (Å²) in [6.45, 7) is 2.89. The van der Waals surface area contributed by atoms with E-state index < -0.39 is 108 Å². The minimum absolute atomic E-state index is 0.225. The van der Waals surface area contributed by atoms with Gasteiger partial charge in [0.15, 0.2) is 18.1 Å². The minimum atomic E-state index is -2.13. The van der Waals surface area contributed by atoms with Gasteiger partial charge in [0.2, 0.25) is 12.6 Å². The van der Waals surface area contributed by atoms with E-state index in [-0.39, 0.29) is 38.3 Å². The number of Topliss-reactive ketones (excluding diaryl/α,β-unsaturated/α-hetero) is 1. The van der Waals surface area contributed by atoms with Gasteiger partial charge in [-0.1, -0.05) is 25.5 Å². The van der Waals surface area contributed by atoms with E-state index >= 15 is 4.39 Å². The van der Waals surface area contributed by atoms with Gasteiger partial charge in [-0.2, -0.15) is 0 Å². The van der Waals surface area contributed by atoms with Crippen molar-refractivity contribution in [3.05, 3.63) is 23.8 Å². The largest absolute Gasteiger partial charge is 0.510 e. The summed E-state index contributed by atoms with van der Waals surface area (Å²) >= 11 is 0. The molecule has 3 fully saturated rings. The number of ketones is 2. The molecule has 4 aliphatic rings. The summed E-state index contributed by atoms with van der Waals surface area (Å²) < 4.78 is 45.3. The Morgan fingerprint density at radius 2 is 1.45 bits per heavy atom. The highest BCUT2D eigenvalue weighted by atomic mass is 19.1. The van der Waals surface area contributed by atoms with Crippen molar-refractivity contribution in [2.75, 3.05) is 33.7 Å². The van der Waals surface area contributed by atoms with Gasteiger partial charge in [0, 0.05) is 16.7 Å². The fourth-order valence-corrected chi connectivity index (χ4v) is 8.61. The number of ether oxygens (including phenoxy) is 6. The third kappa shape index (κ3) is 7.57. The van der Waals surface area contributed by atoms with Crippen molar-refractivity contribution in [1.82, 2.24) is 0 Å². The number of aliphatic hydroxyl groups excluding tert-OH is 1. The molecule has 0 saturated heterocycles. The van der Waals surface area contributed by atoms with Crippen molar-refractivity contribution in [2.45, 2.75) is 89.5 Å². The maximum Gasteiger partial charge on any atom is 0.510 e. The summed E-state index contributed by atoms with van der Waals surface area (Å²) in [5.74, 6) is -6.20. The highest BCUT2D eigenvalue weighted by Gasteiger charge is 2.75. The van der Waals surface area contributed by atoms with Gasteiger partial charge in [-0.3, -0.25) is 28.8 Å². The molecule has 0 spiro atoms. The zero-order valence-electron chi connectivity index (χ0n) is 29.1. The molecule has 0 radical (unpaired) electrons. The van der Waals surface area contributed by atoms with Crippen LogP contribution in [0.1, 0.15) is 72.1 Å².